The zero-order valence-corrected chi connectivity index (χ0v) is 16.7. The molecule has 2 saturated heterocycles. The number of hydrogen-bond acceptors (Lipinski definition) is 4. The topological polar surface area (TPSA) is 42.0 Å². The van der Waals surface area contributed by atoms with E-state index >= 15 is 0 Å². The minimum Gasteiger partial charge on any atom is -0.495 e. The van der Waals surface area contributed by atoms with Crippen molar-refractivity contribution in [3.05, 3.63) is 28.8 Å². The van der Waals surface area contributed by atoms with E-state index in [1.54, 1.807) is 19.2 Å². The first kappa shape index (κ1) is 19.5. The smallest absolute Gasteiger partial charge is 0.255 e. The molecule has 144 valence electrons. The Hall–Kier alpha value is -1.30. The van der Waals surface area contributed by atoms with Crippen molar-refractivity contribution in [2.75, 3.05) is 39.9 Å². The van der Waals surface area contributed by atoms with Crippen molar-refractivity contribution in [3.8, 4) is 5.75 Å². The normalized spacial score (nSPS) is 23.8. The van der Waals surface area contributed by atoms with Gasteiger partial charge in [-0.1, -0.05) is 31.5 Å². The maximum absolute atomic E-state index is 12.9. The number of nitrogens with zero attached hydrogens (tertiary/aromatic N) is 2. The molecule has 2 atom stereocenters. The van der Waals surface area contributed by atoms with Gasteiger partial charge in [0, 0.05) is 38.8 Å². The summed E-state index contributed by atoms with van der Waals surface area (Å²) in [6.07, 6.45) is 2.46. The molecular formula is C20H29ClN2O3. The lowest BCUT2D eigenvalue weighted by atomic mass is 9.97. The number of amides is 1. The average Bonchev–Trinajstić information content (AvgIpc) is 2.65. The van der Waals surface area contributed by atoms with Crippen LogP contribution in [-0.4, -0.2) is 67.7 Å². The maximum atomic E-state index is 12.9. The van der Waals surface area contributed by atoms with E-state index in [9.17, 15) is 4.79 Å². The molecule has 3 rings (SSSR count). The monoisotopic (exact) mass is 380 g/mol. The molecule has 1 aromatic rings. The predicted molar refractivity (Wildman–Crippen MR) is 103 cm³/mol. The number of rotatable bonds is 5. The Kier molecular flexibility index (Phi) is 6.43. The Morgan fingerprint density at radius 2 is 2.08 bits per heavy atom. The predicted octanol–water partition coefficient (Wildman–Crippen LogP) is 3.31. The molecule has 2 aliphatic heterocycles. The highest BCUT2D eigenvalue weighted by atomic mass is 35.5. The summed E-state index contributed by atoms with van der Waals surface area (Å²) in [5.74, 6) is 1.10. The third-order valence-corrected chi connectivity index (χ3v) is 5.62. The Labute approximate surface area is 161 Å². The van der Waals surface area contributed by atoms with Gasteiger partial charge >= 0.3 is 0 Å². The molecule has 0 N–H and O–H groups in total. The number of piperazine rings is 1. The van der Waals surface area contributed by atoms with Crippen LogP contribution < -0.4 is 4.74 Å². The van der Waals surface area contributed by atoms with Gasteiger partial charge in [-0.15, -0.1) is 0 Å². The summed E-state index contributed by atoms with van der Waals surface area (Å²) in [6.45, 7) is 8.52. The molecule has 2 fully saturated rings. The first-order valence-corrected chi connectivity index (χ1v) is 9.84. The molecule has 0 bridgehead atoms. The lowest BCUT2D eigenvalue weighted by Gasteiger charge is -2.46. The second kappa shape index (κ2) is 8.59. The molecule has 0 saturated carbocycles. The van der Waals surface area contributed by atoms with Gasteiger partial charge in [0.05, 0.1) is 23.8 Å². The van der Waals surface area contributed by atoms with Crippen molar-refractivity contribution in [1.29, 1.82) is 0 Å². The fourth-order valence-corrected chi connectivity index (χ4v) is 4.08. The third-order valence-electron chi connectivity index (χ3n) is 5.23. The van der Waals surface area contributed by atoms with Crippen LogP contribution in [0.5, 0.6) is 5.75 Å². The molecule has 5 nitrogen and oxygen atoms in total. The minimum absolute atomic E-state index is 0.00766. The van der Waals surface area contributed by atoms with Crippen LogP contribution in [0.4, 0.5) is 0 Å². The molecule has 0 radical (unpaired) electrons. The van der Waals surface area contributed by atoms with Gasteiger partial charge in [-0.2, -0.15) is 0 Å². The number of hydrogen-bond donors (Lipinski definition) is 0. The van der Waals surface area contributed by atoms with Gasteiger partial charge < -0.3 is 14.4 Å². The molecule has 1 aromatic carbocycles. The van der Waals surface area contributed by atoms with Crippen molar-refractivity contribution in [2.24, 2.45) is 5.92 Å². The van der Waals surface area contributed by atoms with Gasteiger partial charge in [-0.25, -0.2) is 0 Å². The van der Waals surface area contributed by atoms with E-state index in [0.29, 0.717) is 34.4 Å². The second-order valence-electron chi connectivity index (χ2n) is 7.65. The lowest BCUT2D eigenvalue weighted by molar-refractivity contribution is -0.0469. The van der Waals surface area contributed by atoms with Crippen molar-refractivity contribution >= 4 is 17.5 Å². The molecule has 2 heterocycles. The number of halogens is 1. The highest BCUT2D eigenvalue weighted by Crippen LogP contribution is 2.30. The molecule has 6 heteroatoms. The number of fused-ring (bicyclic) bond motifs is 1. The average molecular weight is 381 g/mol. The molecule has 1 amide bonds. The summed E-state index contributed by atoms with van der Waals surface area (Å²) in [7, 11) is 1.56. The lowest BCUT2D eigenvalue weighted by Crippen LogP contribution is -2.58. The first-order chi connectivity index (χ1) is 12.5. The van der Waals surface area contributed by atoms with E-state index in [4.69, 9.17) is 21.1 Å². The van der Waals surface area contributed by atoms with E-state index in [-0.39, 0.29) is 5.91 Å². The van der Waals surface area contributed by atoms with Crippen molar-refractivity contribution < 1.29 is 14.3 Å². The SMILES string of the molecule is COc1cccc(C(=O)N2CCN3C[C@H](OCC(C)C)CC[C@@H]3C2)c1Cl. The second-order valence-corrected chi connectivity index (χ2v) is 8.03. The molecule has 26 heavy (non-hydrogen) atoms. The van der Waals surface area contributed by atoms with E-state index in [0.717, 1.165) is 45.6 Å². The van der Waals surface area contributed by atoms with E-state index < -0.39 is 0 Å². The Morgan fingerprint density at radius 1 is 1.27 bits per heavy atom. The van der Waals surface area contributed by atoms with Crippen LogP contribution in [-0.2, 0) is 4.74 Å². The fourth-order valence-electron chi connectivity index (χ4n) is 3.79. The van der Waals surface area contributed by atoms with Gasteiger partial charge in [0.2, 0.25) is 0 Å². The number of carbonyl (C=O) groups is 1. The zero-order valence-electron chi connectivity index (χ0n) is 15.9. The number of benzene rings is 1. The Morgan fingerprint density at radius 3 is 2.81 bits per heavy atom. The summed E-state index contributed by atoms with van der Waals surface area (Å²) >= 11 is 6.34. The number of carbonyl (C=O) groups excluding carboxylic acids is 1. The fraction of sp³-hybridized carbons (Fsp3) is 0.650. The van der Waals surface area contributed by atoms with Crippen molar-refractivity contribution in [3.63, 3.8) is 0 Å². The van der Waals surface area contributed by atoms with Crippen LogP contribution in [0.25, 0.3) is 0 Å². The minimum atomic E-state index is -0.00766. The Balaban J connectivity index is 1.60. The number of ether oxygens (including phenoxy) is 2. The van der Waals surface area contributed by atoms with Gasteiger partial charge in [-0.3, -0.25) is 9.69 Å². The third kappa shape index (κ3) is 4.33. The standard InChI is InChI=1S/C20H29ClN2O3/c1-14(2)13-26-16-8-7-15-11-23(10-9-22(15)12-16)20(24)17-5-4-6-18(25-3)19(17)21/h4-6,14-16H,7-13H2,1-3H3/t15-,16-/m1/s1. The maximum Gasteiger partial charge on any atom is 0.255 e. The van der Waals surface area contributed by atoms with Crippen LogP contribution in [0.3, 0.4) is 0 Å². The largest absolute Gasteiger partial charge is 0.495 e. The highest BCUT2D eigenvalue weighted by Gasteiger charge is 2.35. The van der Waals surface area contributed by atoms with E-state index in [1.165, 1.54) is 0 Å². The molecule has 0 spiro atoms. The van der Waals surface area contributed by atoms with Gasteiger partial charge in [0.15, 0.2) is 0 Å². The number of piperidine rings is 1. The van der Waals surface area contributed by atoms with E-state index in [1.807, 2.05) is 11.0 Å². The highest BCUT2D eigenvalue weighted by molar-refractivity contribution is 6.35. The molecule has 0 aliphatic carbocycles. The summed E-state index contributed by atoms with van der Waals surface area (Å²) < 4.78 is 11.3. The van der Waals surface area contributed by atoms with Crippen LogP contribution in [0.15, 0.2) is 18.2 Å². The summed E-state index contributed by atoms with van der Waals surface area (Å²) in [5.41, 5.74) is 0.522. The summed E-state index contributed by atoms with van der Waals surface area (Å²) in [4.78, 5) is 17.4. The summed E-state index contributed by atoms with van der Waals surface area (Å²) in [5, 5.41) is 0.397. The van der Waals surface area contributed by atoms with Gasteiger partial charge in [0.1, 0.15) is 5.75 Å². The van der Waals surface area contributed by atoms with E-state index in [2.05, 4.69) is 18.7 Å². The molecule has 2 aliphatic rings. The summed E-state index contributed by atoms with van der Waals surface area (Å²) in [6, 6.07) is 5.77. The van der Waals surface area contributed by atoms with Gasteiger partial charge in [0.25, 0.3) is 5.91 Å². The Bertz CT molecular complexity index is 637. The van der Waals surface area contributed by atoms with Crippen molar-refractivity contribution in [1.82, 2.24) is 9.80 Å². The first-order valence-electron chi connectivity index (χ1n) is 9.47. The molecule has 0 aromatic heterocycles. The van der Waals surface area contributed by atoms with Crippen LogP contribution >= 0.6 is 11.6 Å². The van der Waals surface area contributed by atoms with Crippen LogP contribution in [0, 0.1) is 5.92 Å². The zero-order chi connectivity index (χ0) is 18.7. The van der Waals surface area contributed by atoms with Crippen LogP contribution in [0.1, 0.15) is 37.0 Å². The van der Waals surface area contributed by atoms with Crippen molar-refractivity contribution in [2.45, 2.75) is 38.8 Å². The quantitative estimate of drug-likeness (QED) is 0.785. The van der Waals surface area contributed by atoms with Gasteiger partial charge in [-0.05, 0) is 30.9 Å². The molecule has 0 unspecified atom stereocenters. The number of methoxy groups -OCH3 is 1. The molecular weight excluding hydrogens is 352 g/mol. The van der Waals surface area contributed by atoms with Crippen LogP contribution in [0.2, 0.25) is 5.02 Å².